The van der Waals surface area contributed by atoms with E-state index in [2.05, 4.69) is 12.2 Å². The third-order valence-electron chi connectivity index (χ3n) is 4.13. The summed E-state index contributed by atoms with van der Waals surface area (Å²) in [5.41, 5.74) is 0. The summed E-state index contributed by atoms with van der Waals surface area (Å²) in [5, 5.41) is 3.46. The van der Waals surface area contributed by atoms with Crippen molar-refractivity contribution in [2.45, 2.75) is 50.0 Å². The Kier molecular flexibility index (Phi) is 5.61. The Hall–Kier alpha value is -0.870. The zero-order valence-electron chi connectivity index (χ0n) is 12.2. The minimum absolute atomic E-state index is 0.0997. The van der Waals surface area contributed by atoms with E-state index in [4.69, 9.17) is 0 Å². The van der Waals surface area contributed by atoms with Gasteiger partial charge < -0.3 is 5.32 Å². The number of rotatable bonds is 7. The van der Waals surface area contributed by atoms with Crippen molar-refractivity contribution in [3.63, 3.8) is 0 Å². The first kappa shape index (κ1) is 15.5. The number of hydrogen-bond donors (Lipinski definition) is 1. The second kappa shape index (κ2) is 7.23. The van der Waals surface area contributed by atoms with Gasteiger partial charge in [-0.15, -0.1) is 0 Å². The van der Waals surface area contributed by atoms with E-state index >= 15 is 0 Å². The Bertz CT molecular complexity index is 492. The van der Waals surface area contributed by atoms with Gasteiger partial charge in [0.1, 0.15) is 0 Å². The molecule has 1 atom stereocenters. The number of hydrogen-bond acceptors (Lipinski definition) is 3. The van der Waals surface area contributed by atoms with Crippen molar-refractivity contribution in [1.29, 1.82) is 0 Å². The topological polar surface area (TPSA) is 46.2 Å². The van der Waals surface area contributed by atoms with Crippen molar-refractivity contribution in [3.05, 3.63) is 30.3 Å². The molecular weight excluding hydrogens is 270 g/mol. The Morgan fingerprint density at radius 2 is 1.85 bits per heavy atom. The van der Waals surface area contributed by atoms with Crippen LogP contribution in [0.3, 0.4) is 0 Å². The van der Waals surface area contributed by atoms with Crippen LogP contribution >= 0.6 is 0 Å². The summed E-state index contributed by atoms with van der Waals surface area (Å²) in [4.78, 5) is 0.446. The molecule has 1 fully saturated rings. The Morgan fingerprint density at radius 1 is 1.20 bits per heavy atom. The first-order chi connectivity index (χ1) is 9.63. The third-order valence-corrected chi connectivity index (χ3v) is 5.92. The molecule has 1 aliphatic rings. The Balaban J connectivity index is 2.09. The molecule has 1 aromatic carbocycles. The average molecular weight is 295 g/mol. The molecule has 2 rings (SSSR count). The normalized spacial score (nSPS) is 18.2. The predicted octanol–water partition coefficient (Wildman–Crippen LogP) is 3.02. The molecule has 3 nitrogen and oxygen atoms in total. The fourth-order valence-electron chi connectivity index (χ4n) is 3.01. The largest absolute Gasteiger partial charge is 0.313 e. The van der Waals surface area contributed by atoms with E-state index in [9.17, 15) is 8.42 Å². The van der Waals surface area contributed by atoms with Gasteiger partial charge >= 0.3 is 0 Å². The van der Waals surface area contributed by atoms with Crippen LogP contribution in [0.1, 0.15) is 39.0 Å². The van der Waals surface area contributed by atoms with Crippen molar-refractivity contribution in [3.8, 4) is 0 Å². The van der Waals surface area contributed by atoms with E-state index in [-0.39, 0.29) is 11.8 Å². The third kappa shape index (κ3) is 4.06. The maximum atomic E-state index is 12.5. The fourth-order valence-corrected chi connectivity index (χ4v) is 4.64. The van der Waals surface area contributed by atoms with Crippen LogP contribution in [0.2, 0.25) is 0 Å². The smallest absolute Gasteiger partial charge is 0.179 e. The highest BCUT2D eigenvalue weighted by atomic mass is 32.2. The quantitative estimate of drug-likeness (QED) is 0.841. The highest BCUT2D eigenvalue weighted by molar-refractivity contribution is 7.91. The first-order valence-corrected chi connectivity index (χ1v) is 9.30. The molecular formula is C16H25NO2S. The zero-order chi connectivity index (χ0) is 14.4. The summed E-state index contributed by atoms with van der Waals surface area (Å²) in [6.45, 7) is 3.01. The molecule has 1 N–H and O–H groups in total. The van der Waals surface area contributed by atoms with Crippen LogP contribution in [0.4, 0.5) is 0 Å². The lowest BCUT2D eigenvalue weighted by Gasteiger charge is -2.24. The molecule has 0 radical (unpaired) electrons. The monoisotopic (exact) mass is 295 g/mol. The van der Waals surface area contributed by atoms with Gasteiger partial charge in [0.2, 0.25) is 0 Å². The molecule has 0 bridgehead atoms. The molecule has 1 aromatic rings. The van der Waals surface area contributed by atoms with E-state index in [1.165, 1.54) is 12.8 Å². The standard InChI is InChI=1S/C16H25NO2S/c1-2-12-17-16(14-8-6-7-9-14)13-20(18,19)15-10-4-3-5-11-15/h3-5,10-11,14,16-17H,2,6-9,12-13H2,1H3. The SMILES string of the molecule is CCCNC(CS(=O)(=O)c1ccccc1)C1CCCC1. The van der Waals surface area contributed by atoms with Gasteiger partial charge in [0, 0.05) is 6.04 Å². The summed E-state index contributed by atoms with van der Waals surface area (Å²) < 4.78 is 25.0. The minimum atomic E-state index is -3.19. The number of benzene rings is 1. The summed E-state index contributed by atoms with van der Waals surface area (Å²) in [6, 6.07) is 8.92. The van der Waals surface area contributed by atoms with E-state index in [1.807, 2.05) is 6.07 Å². The predicted molar refractivity (Wildman–Crippen MR) is 82.5 cm³/mol. The fraction of sp³-hybridized carbons (Fsp3) is 0.625. The van der Waals surface area contributed by atoms with Crippen LogP contribution in [0.15, 0.2) is 35.2 Å². The lowest BCUT2D eigenvalue weighted by atomic mass is 10.00. The molecule has 0 aliphatic heterocycles. The number of sulfone groups is 1. The lowest BCUT2D eigenvalue weighted by molar-refractivity contribution is 0.382. The average Bonchev–Trinajstić information content (AvgIpc) is 2.98. The zero-order valence-corrected chi connectivity index (χ0v) is 13.0. The van der Waals surface area contributed by atoms with Crippen molar-refractivity contribution in [1.82, 2.24) is 5.32 Å². The van der Waals surface area contributed by atoms with Crippen LogP contribution in [0, 0.1) is 5.92 Å². The van der Waals surface area contributed by atoms with Crippen molar-refractivity contribution >= 4 is 9.84 Å². The van der Waals surface area contributed by atoms with Gasteiger partial charge in [-0.3, -0.25) is 0 Å². The maximum Gasteiger partial charge on any atom is 0.179 e. The molecule has 1 saturated carbocycles. The van der Waals surface area contributed by atoms with Gasteiger partial charge in [-0.05, 0) is 43.9 Å². The van der Waals surface area contributed by atoms with Crippen LogP contribution in [-0.4, -0.2) is 26.8 Å². The van der Waals surface area contributed by atoms with Gasteiger partial charge in [-0.1, -0.05) is 38.0 Å². The van der Waals surface area contributed by atoms with Gasteiger partial charge in [-0.2, -0.15) is 0 Å². The molecule has 4 heteroatoms. The van der Waals surface area contributed by atoms with E-state index in [0.717, 1.165) is 25.8 Å². The maximum absolute atomic E-state index is 12.5. The molecule has 0 amide bonds. The summed E-state index contributed by atoms with van der Waals surface area (Å²) in [7, 11) is -3.19. The van der Waals surface area contributed by atoms with E-state index in [0.29, 0.717) is 10.8 Å². The van der Waals surface area contributed by atoms with Crippen molar-refractivity contribution in [2.75, 3.05) is 12.3 Å². The molecule has 20 heavy (non-hydrogen) atoms. The lowest BCUT2D eigenvalue weighted by Crippen LogP contribution is -2.41. The van der Waals surface area contributed by atoms with Gasteiger partial charge in [0.25, 0.3) is 0 Å². The molecule has 0 spiro atoms. The summed E-state index contributed by atoms with van der Waals surface area (Å²) in [6.07, 6.45) is 5.83. The second-order valence-electron chi connectivity index (χ2n) is 5.70. The first-order valence-electron chi connectivity index (χ1n) is 7.64. The van der Waals surface area contributed by atoms with E-state index in [1.54, 1.807) is 24.3 Å². The summed E-state index contributed by atoms with van der Waals surface area (Å²) in [5.74, 6) is 0.738. The molecule has 112 valence electrons. The molecule has 1 unspecified atom stereocenters. The van der Waals surface area contributed by atoms with Crippen LogP contribution in [0.5, 0.6) is 0 Å². The highest BCUT2D eigenvalue weighted by Gasteiger charge is 2.29. The van der Waals surface area contributed by atoms with Crippen molar-refractivity contribution in [2.24, 2.45) is 5.92 Å². The van der Waals surface area contributed by atoms with E-state index < -0.39 is 9.84 Å². The minimum Gasteiger partial charge on any atom is -0.313 e. The number of nitrogens with one attached hydrogen (secondary N) is 1. The van der Waals surface area contributed by atoms with Gasteiger partial charge in [0.15, 0.2) is 9.84 Å². The highest BCUT2D eigenvalue weighted by Crippen LogP contribution is 2.29. The van der Waals surface area contributed by atoms with Crippen LogP contribution in [-0.2, 0) is 9.84 Å². The second-order valence-corrected chi connectivity index (χ2v) is 7.73. The van der Waals surface area contributed by atoms with Gasteiger partial charge in [0.05, 0.1) is 10.6 Å². The molecule has 0 heterocycles. The Morgan fingerprint density at radius 3 is 2.45 bits per heavy atom. The Labute approximate surface area is 122 Å². The molecule has 1 aliphatic carbocycles. The molecule has 0 saturated heterocycles. The van der Waals surface area contributed by atoms with Crippen LogP contribution in [0.25, 0.3) is 0 Å². The van der Waals surface area contributed by atoms with Crippen LogP contribution < -0.4 is 5.32 Å². The summed E-state index contributed by atoms with van der Waals surface area (Å²) >= 11 is 0. The van der Waals surface area contributed by atoms with Gasteiger partial charge in [-0.25, -0.2) is 8.42 Å². The molecule has 0 aromatic heterocycles. The van der Waals surface area contributed by atoms with Crippen molar-refractivity contribution < 1.29 is 8.42 Å².